The Morgan fingerprint density at radius 3 is 2.92 bits per heavy atom. The van der Waals surface area contributed by atoms with Gasteiger partial charge in [-0.05, 0) is 36.6 Å². The van der Waals surface area contributed by atoms with E-state index in [0.29, 0.717) is 18.8 Å². The molecular weight excluding hydrogens is 337 g/mol. The summed E-state index contributed by atoms with van der Waals surface area (Å²) >= 11 is 0. The molecule has 6 nitrogen and oxygen atoms in total. The molecule has 1 fully saturated rings. The number of rotatable bonds is 1. The Bertz CT molecular complexity index is 903. The number of hydrogen-bond acceptors (Lipinski definition) is 6. The Balaban J connectivity index is 1.67. The van der Waals surface area contributed by atoms with Crippen molar-refractivity contribution in [3.63, 3.8) is 0 Å². The van der Waals surface area contributed by atoms with Gasteiger partial charge < -0.3 is 19.9 Å². The number of nitrogens with two attached hydrogens (primary N) is 1. The van der Waals surface area contributed by atoms with Crippen molar-refractivity contribution < 1.29 is 18.6 Å². The highest BCUT2D eigenvalue weighted by atomic mass is 19.1. The molecule has 3 aliphatic rings. The van der Waals surface area contributed by atoms with Crippen LogP contribution in [0.25, 0.3) is 11.1 Å². The van der Waals surface area contributed by atoms with Gasteiger partial charge in [-0.1, -0.05) is 6.07 Å². The summed E-state index contributed by atoms with van der Waals surface area (Å²) in [5, 5.41) is 0. The van der Waals surface area contributed by atoms with Crippen LogP contribution >= 0.6 is 0 Å². The van der Waals surface area contributed by atoms with E-state index in [0.717, 1.165) is 29.7 Å². The van der Waals surface area contributed by atoms with Crippen molar-refractivity contribution in [3.05, 3.63) is 48.0 Å². The first-order valence-corrected chi connectivity index (χ1v) is 8.67. The third-order valence-corrected chi connectivity index (χ3v) is 5.25. The third kappa shape index (κ3) is 2.27. The Kier molecular flexibility index (Phi) is 3.40. The van der Waals surface area contributed by atoms with E-state index >= 15 is 0 Å². The molecule has 2 aromatic rings. The third-order valence-electron chi connectivity index (χ3n) is 5.25. The van der Waals surface area contributed by atoms with Crippen LogP contribution in [-0.4, -0.2) is 36.4 Å². The lowest BCUT2D eigenvalue weighted by molar-refractivity contribution is -0.117. The molecule has 134 valence electrons. The molecule has 3 atom stereocenters. The van der Waals surface area contributed by atoms with Crippen molar-refractivity contribution in [3.8, 4) is 16.9 Å². The van der Waals surface area contributed by atoms with Crippen molar-refractivity contribution >= 4 is 6.02 Å². The summed E-state index contributed by atoms with van der Waals surface area (Å²) in [7, 11) is 0. The van der Waals surface area contributed by atoms with Crippen molar-refractivity contribution in [2.24, 2.45) is 10.7 Å². The Morgan fingerprint density at radius 1 is 1.19 bits per heavy atom. The van der Waals surface area contributed by atoms with Crippen LogP contribution in [0.1, 0.15) is 18.4 Å². The van der Waals surface area contributed by atoms with E-state index in [1.54, 1.807) is 6.20 Å². The standard InChI is InChI=1S/C19H18FN3O3/c20-13-6-12(8-22-9-13)11-3-4-15-14(7-11)19(10-25-18(21)23-19)17-16(26-15)2-1-5-24-17/h3-4,6-9,16-17H,1-2,5,10H2,(H2,21,23)/t16-,17-,19?/m0/s1. The number of pyridine rings is 1. The van der Waals surface area contributed by atoms with Gasteiger partial charge in [0.2, 0.25) is 0 Å². The minimum atomic E-state index is -0.737. The van der Waals surface area contributed by atoms with Crippen LogP contribution in [0.3, 0.4) is 0 Å². The van der Waals surface area contributed by atoms with E-state index in [9.17, 15) is 4.39 Å². The van der Waals surface area contributed by atoms with Crippen molar-refractivity contribution in [2.45, 2.75) is 30.6 Å². The number of ether oxygens (including phenoxy) is 3. The largest absolute Gasteiger partial charge is 0.487 e. The summed E-state index contributed by atoms with van der Waals surface area (Å²) < 4.78 is 31.4. The van der Waals surface area contributed by atoms with Crippen LogP contribution in [-0.2, 0) is 15.0 Å². The molecule has 7 heteroatoms. The fourth-order valence-corrected chi connectivity index (χ4v) is 4.09. The number of nitrogens with zero attached hydrogens (tertiary/aromatic N) is 2. The lowest BCUT2D eigenvalue weighted by Crippen LogP contribution is -2.55. The summed E-state index contributed by atoms with van der Waals surface area (Å²) in [5.41, 5.74) is 7.49. The first-order valence-electron chi connectivity index (χ1n) is 8.67. The van der Waals surface area contributed by atoms with Gasteiger partial charge in [-0.2, -0.15) is 0 Å². The quantitative estimate of drug-likeness (QED) is 0.850. The number of halogens is 1. The van der Waals surface area contributed by atoms with E-state index in [1.807, 2.05) is 18.2 Å². The van der Waals surface area contributed by atoms with E-state index in [-0.39, 0.29) is 24.0 Å². The maximum Gasteiger partial charge on any atom is 0.283 e. The molecule has 1 aromatic heterocycles. The van der Waals surface area contributed by atoms with Crippen LogP contribution in [0.2, 0.25) is 0 Å². The van der Waals surface area contributed by atoms with Gasteiger partial charge in [0, 0.05) is 23.9 Å². The Hall–Kier alpha value is -2.67. The Morgan fingerprint density at radius 2 is 2.12 bits per heavy atom. The topological polar surface area (TPSA) is 79.0 Å². The minimum Gasteiger partial charge on any atom is -0.487 e. The predicted octanol–water partition coefficient (Wildman–Crippen LogP) is 2.37. The zero-order chi connectivity index (χ0) is 17.7. The number of fused-ring (bicyclic) bond motifs is 4. The van der Waals surface area contributed by atoms with Crippen molar-refractivity contribution in [2.75, 3.05) is 13.2 Å². The summed E-state index contributed by atoms with van der Waals surface area (Å²) in [6, 6.07) is 7.35. The maximum atomic E-state index is 13.6. The molecule has 5 rings (SSSR count). The monoisotopic (exact) mass is 355 g/mol. The number of hydrogen-bond donors (Lipinski definition) is 1. The molecule has 0 aliphatic carbocycles. The highest BCUT2D eigenvalue weighted by molar-refractivity contribution is 5.75. The minimum absolute atomic E-state index is 0.0869. The molecule has 0 amide bonds. The first-order chi connectivity index (χ1) is 12.7. The fraction of sp³-hybridized carbons (Fsp3) is 0.368. The number of aliphatic imine (C=N–C) groups is 1. The second-order valence-electron chi connectivity index (χ2n) is 6.86. The SMILES string of the molecule is NC1=NC2(CO1)c1cc(-c3cncc(F)c3)ccc1O[C@H]1CCCO[C@@H]12. The molecule has 1 saturated heterocycles. The number of amidine groups is 1. The second-order valence-corrected chi connectivity index (χ2v) is 6.86. The maximum absolute atomic E-state index is 13.6. The molecule has 0 radical (unpaired) electrons. The van der Waals surface area contributed by atoms with Gasteiger partial charge in [0.15, 0.2) is 5.54 Å². The van der Waals surface area contributed by atoms with Crippen molar-refractivity contribution in [1.29, 1.82) is 0 Å². The van der Waals surface area contributed by atoms with Gasteiger partial charge in [-0.15, -0.1) is 0 Å². The van der Waals surface area contributed by atoms with Crippen LogP contribution in [0.15, 0.2) is 41.7 Å². The van der Waals surface area contributed by atoms with E-state index in [1.165, 1.54) is 12.3 Å². The predicted molar refractivity (Wildman–Crippen MR) is 92.3 cm³/mol. The average molecular weight is 355 g/mol. The summed E-state index contributed by atoms with van der Waals surface area (Å²) in [4.78, 5) is 8.57. The summed E-state index contributed by atoms with van der Waals surface area (Å²) in [6.45, 7) is 0.964. The molecule has 26 heavy (non-hydrogen) atoms. The molecule has 0 saturated carbocycles. The molecule has 1 spiro atoms. The van der Waals surface area contributed by atoms with E-state index in [2.05, 4.69) is 9.98 Å². The first kappa shape index (κ1) is 15.6. The van der Waals surface area contributed by atoms with Gasteiger partial charge in [-0.3, -0.25) is 4.98 Å². The molecule has 3 aliphatic heterocycles. The van der Waals surface area contributed by atoms with Crippen LogP contribution < -0.4 is 10.5 Å². The number of aromatic nitrogens is 1. The van der Waals surface area contributed by atoms with Gasteiger partial charge in [0.1, 0.15) is 30.4 Å². The van der Waals surface area contributed by atoms with Gasteiger partial charge >= 0.3 is 0 Å². The van der Waals surface area contributed by atoms with Gasteiger partial charge in [0.05, 0.1) is 6.20 Å². The van der Waals surface area contributed by atoms with Crippen molar-refractivity contribution in [1.82, 2.24) is 4.98 Å². The second kappa shape index (κ2) is 5.67. The van der Waals surface area contributed by atoms with E-state index in [4.69, 9.17) is 19.9 Å². The molecule has 2 N–H and O–H groups in total. The van der Waals surface area contributed by atoms with Crippen LogP contribution in [0, 0.1) is 5.82 Å². The summed E-state index contributed by atoms with van der Waals surface area (Å²) in [6.07, 6.45) is 4.31. The molecule has 4 heterocycles. The average Bonchev–Trinajstić information content (AvgIpc) is 3.04. The lowest BCUT2D eigenvalue weighted by Gasteiger charge is -2.45. The smallest absolute Gasteiger partial charge is 0.283 e. The van der Waals surface area contributed by atoms with Gasteiger partial charge in [-0.25, -0.2) is 9.38 Å². The normalized spacial score (nSPS) is 29.3. The van der Waals surface area contributed by atoms with Crippen LogP contribution in [0.4, 0.5) is 4.39 Å². The highest BCUT2D eigenvalue weighted by Gasteiger charge is 2.55. The lowest BCUT2D eigenvalue weighted by atomic mass is 9.77. The summed E-state index contributed by atoms with van der Waals surface area (Å²) in [5.74, 6) is 0.361. The van der Waals surface area contributed by atoms with E-state index < -0.39 is 5.54 Å². The molecule has 1 aromatic carbocycles. The fourth-order valence-electron chi connectivity index (χ4n) is 4.09. The molecule has 1 unspecified atom stereocenters. The van der Waals surface area contributed by atoms with Gasteiger partial charge in [0.25, 0.3) is 6.02 Å². The highest BCUT2D eigenvalue weighted by Crippen LogP contribution is 2.49. The zero-order valence-corrected chi connectivity index (χ0v) is 14.0. The Labute approximate surface area is 149 Å². The molecule has 0 bridgehead atoms. The van der Waals surface area contributed by atoms with Crippen LogP contribution in [0.5, 0.6) is 5.75 Å². The zero-order valence-electron chi connectivity index (χ0n) is 14.0. The number of benzene rings is 1. The molecular formula is C19H18FN3O3.